The lowest BCUT2D eigenvalue weighted by Gasteiger charge is -2.11. The van der Waals surface area contributed by atoms with Crippen LogP contribution in [0, 0.1) is 5.82 Å². The van der Waals surface area contributed by atoms with E-state index in [9.17, 15) is 21.8 Å². The van der Waals surface area contributed by atoms with Crippen molar-refractivity contribution < 1.29 is 21.8 Å². The van der Waals surface area contributed by atoms with E-state index in [0.717, 1.165) is 6.07 Å². The third-order valence-corrected chi connectivity index (χ3v) is 5.66. The average Bonchev–Trinajstić information content (AvgIpc) is 2.37. The van der Waals surface area contributed by atoms with Crippen LogP contribution in [0.4, 0.5) is 4.39 Å². The Morgan fingerprint density at radius 2 is 2.05 bits per heavy atom. The van der Waals surface area contributed by atoms with E-state index in [-0.39, 0.29) is 17.4 Å². The monoisotopic (exact) mass is 375 g/mol. The molecule has 0 fully saturated rings. The summed E-state index contributed by atoms with van der Waals surface area (Å²) in [5.74, 6) is -1.85. The Hall–Kier alpha value is -0.700. The van der Waals surface area contributed by atoms with Crippen molar-refractivity contribution in [1.82, 2.24) is 5.32 Å². The van der Waals surface area contributed by atoms with E-state index < -0.39 is 41.5 Å². The van der Waals surface area contributed by atoms with Crippen molar-refractivity contribution >= 4 is 48.0 Å². The molecule has 2 atom stereocenters. The van der Waals surface area contributed by atoms with Gasteiger partial charge in [-0.25, -0.2) is 12.8 Å². The number of carbonyl (C=O) groups is 1. The van der Waals surface area contributed by atoms with Crippen LogP contribution in [0.5, 0.6) is 0 Å². The van der Waals surface area contributed by atoms with Crippen molar-refractivity contribution in [2.45, 2.75) is 17.1 Å². The van der Waals surface area contributed by atoms with E-state index >= 15 is 0 Å². The molecule has 1 N–H and O–H groups in total. The quantitative estimate of drug-likeness (QED) is 0.796. The van der Waals surface area contributed by atoms with Crippen molar-refractivity contribution in [2.24, 2.45) is 0 Å². The fourth-order valence-electron chi connectivity index (χ4n) is 1.32. The molecule has 0 spiro atoms. The van der Waals surface area contributed by atoms with E-state index in [1.54, 1.807) is 6.92 Å². The molecule has 0 saturated heterocycles. The zero-order valence-electron chi connectivity index (χ0n) is 11.0. The average molecular weight is 376 g/mol. The number of rotatable bonds is 5. The van der Waals surface area contributed by atoms with Gasteiger partial charge in [0.2, 0.25) is 0 Å². The summed E-state index contributed by atoms with van der Waals surface area (Å²) in [5, 5.41) is 1.57. The zero-order chi connectivity index (χ0) is 16.4. The number of hydrogen-bond acceptors (Lipinski definition) is 4. The molecule has 0 bridgehead atoms. The minimum atomic E-state index is -4.20. The van der Waals surface area contributed by atoms with E-state index in [1.807, 2.05) is 0 Å². The molecule has 1 aromatic carbocycles. The Kier molecular flexibility index (Phi) is 6.15. The number of amides is 1. The number of benzene rings is 1. The van der Waals surface area contributed by atoms with Gasteiger partial charge in [-0.15, -0.1) is 0 Å². The predicted octanol–water partition coefficient (Wildman–Crippen LogP) is 1.90. The lowest BCUT2D eigenvalue weighted by Crippen LogP contribution is -2.32. The molecule has 0 aliphatic heterocycles. The first kappa shape index (κ1) is 18.3. The second-order valence-corrected chi connectivity index (χ2v) is 8.97. The molecule has 1 rings (SSSR count). The third-order valence-electron chi connectivity index (χ3n) is 2.64. The lowest BCUT2D eigenvalue weighted by molar-refractivity contribution is 0.0953. The van der Waals surface area contributed by atoms with Gasteiger partial charge in [-0.05, 0) is 19.1 Å². The highest BCUT2D eigenvalue weighted by Gasteiger charge is 2.21. The Labute approximate surface area is 133 Å². The largest absolute Gasteiger partial charge is 0.351 e. The second kappa shape index (κ2) is 7.04. The minimum absolute atomic E-state index is 0.0672. The maximum atomic E-state index is 13.6. The molecular formula is C11H12Cl2FNO4S2. The van der Waals surface area contributed by atoms with Gasteiger partial charge in [-0.3, -0.25) is 9.00 Å². The van der Waals surface area contributed by atoms with Gasteiger partial charge >= 0.3 is 0 Å². The van der Waals surface area contributed by atoms with Gasteiger partial charge in [0.1, 0.15) is 5.82 Å². The molecule has 118 valence electrons. The van der Waals surface area contributed by atoms with Gasteiger partial charge < -0.3 is 5.32 Å². The van der Waals surface area contributed by atoms with Crippen LogP contribution in [0.2, 0.25) is 5.02 Å². The lowest BCUT2D eigenvalue weighted by atomic mass is 10.2. The first-order chi connectivity index (χ1) is 9.54. The van der Waals surface area contributed by atoms with Gasteiger partial charge in [-0.1, -0.05) is 11.6 Å². The number of halogens is 3. The van der Waals surface area contributed by atoms with Crippen LogP contribution in [-0.4, -0.2) is 36.6 Å². The van der Waals surface area contributed by atoms with Crippen molar-refractivity contribution in [3.63, 3.8) is 0 Å². The molecule has 0 saturated carbocycles. The van der Waals surface area contributed by atoms with Crippen molar-refractivity contribution in [3.8, 4) is 0 Å². The van der Waals surface area contributed by atoms with Crippen LogP contribution in [0.3, 0.4) is 0 Å². The highest BCUT2D eigenvalue weighted by Crippen LogP contribution is 2.26. The van der Waals surface area contributed by atoms with E-state index in [2.05, 4.69) is 5.32 Å². The molecule has 0 aromatic heterocycles. The Bertz CT molecular complexity index is 694. The molecular weight excluding hydrogens is 364 g/mol. The van der Waals surface area contributed by atoms with Crippen LogP contribution < -0.4 is 5.32 Å². The summed E-state index contributed by atoms with van der Waals surface area (Å²) in [6, 6.07) is 1.52. The predicted molar refractivity (Wildman–Crippen MR) is 80.3 cm³/mol. The first-order valence-electron chi connectivity index (χ1n) is 5.58. The van der Waals surface area contributed by atoms with Crippen molar-refractivity contribution in [1.29, 1.82) is 0 Å². The Balaban J connectivity index is 3.09. The molecule has 0 aliphatic rings. The summed E-state index contributed by atoms with van der Waals surface area (Å²) in [7, 11) is -0.229. The van der Waals surface area contributed by atoms with Crippen LogP contribution in [0.25, 0.3) is 0 Å². The molecule has 0 radical (unpaired) electrons. The Morgan fingerprint density at radius 3 is 2.52 bits per heavy atom. The molecule has 0 heterocycles. The van der Waals surface area contributed by atoms with Gasteiger partial charge in [0.15, 0.2) is 0 Å². The highest BCUT2D eigenvalue weighted by molar-refractivity contribution is 8.13. The molecule has 10 heteroatoms. The first-order valence-corrected chi connectivity index (χ1v) is 9.89. The van der Waals surface area contributed by atoms with Crippen molar-refractivity contribution in [2.75, 3.05) is 12.8 Å². The SMILES string of the molecule is CC(CNC(=O)c1cc(S(=O)(=O)Cl)cc(F)c1Cl)S(C)=O. The number of hydrogen-bond donors (Lipinski definition) is 1. The molecule has 0 aliphatic carbocycles. The number of carbonyl (C=O) groups excluding carboxylic acids is 1. The fourth-order valence-corrected chi connectivity index (χ4v) is 2.60. The van der Waals surface area contributed by atoms with Gasteiger partial charge in [0.05, 0.1) is 15.5 Å². The van der Waals surface area contributed by atoms with Crippen LogP contribution in [-0.2, 0) is 19.9 Å². The molecule has 5 nitrogen and oxygen atoms in total. The highest BCUT2D eigenvalue weighted by atomic mass is 35.7. The van der Waals surface area contributed by atoms with Crippen LogP contribution in [0.15, 0.2) is 17.0 Å². The molecule has 2 unspecified atom stereocenters. The summed E-state index contributed by atoms with van der Waals surface area (Å²) < 4.78 is 47.2. The molecule has 1 aromatic rings. The maximum absolute atomic E-state index is 13.6. The Morgan fingerprint density at radius 1 is 1.48 bits per heavy atom. The third kappa shape index (κ3) is 4.91. The fraction of sp³-hybridized carbons (Fsp3) is 0.364. The van der Waals surface area contributed by atoms with E-state index in [0.29, 0.717) is 6.07 Å². The maximum Gasteiger partial charge on any atom is 0.261 e. The summed E-state index contributed by atoms with van der Waals surface area (Å²) in [6.45, 7) is 1.72. The smallest absolute Gasteiger partial charge is 0.261 e. The molecule has 21 heavy (non-hydrogen) atoms. The van der Waals surface area contributed by atoms with Crippen molar-refractivity contribution in [3.05, 3.63) is 28.5 Å². The number of nitrogens with one attached hydrogen (secondary N) is 1. The summed E-state index contributed by atoms with van der Waals surface area (Å²) in [5.41, 5.74) is -0.357. The summed E-state index contributed by atoms with van der Waals surface area (Å²) >= 11 is 5.65. The van der Waals surface area contributed by atoms with Gasteiger partial charge in [0.25, 0.3) is 15.0 Å². The normalized spacial score (nSPS) is 14.5. The second-order valence-electron chi connectivity index (χ2n) is 4.22. The summed E-state index contributed by atoms with van der Waals surface area (Å²) in [4.78, 5) is 11.4. The minimum Gasteiger partial charge on any atom is -0.351 e. The zero-order valence-corrected chi connectivity index (χ0v) is 14.2. The van der Waals surface area contributed by atoms with Gasteiger partial charge in [-0.2, -0.15) is 0 Å². The molecule has 1 amide bonds. The van der Waals surface area contributed by atoms with Crippen LogP contribution >= 0.6 is 22.3 Å². The van der Waals surface area contributed by atoms with Gasteiger partial charge in [0, 0.05) is 39.5 Å². The summed E-state index contributed by atoms with van der Waals surface area (Å²) in [6.07, 6.45) is 1.48. The topological polar surface area (TPSA) is 80.3 Å². The van der Waals surface area contributed by atoms with E-state index in [1.165, 1.54) is 6.26 Å². The standard InChI is InChI=1S/C11H12Cl2FNO4S2/c1-6(20(2)17)5-15-11(16)8-3-7(21(13,18)19)4-9(14)10(8)12/h3-4,6H,5H2,1-2H3,(H,15,16). The van der Waals surface area contributed by atoms with E-state index in [4.69, 9.17) is 22.3 Å². The van der Waals surface area contributed by atoms with Crippen LogP contribution in [0.1, 0.15) is 17.3 Å².